The third-order valence-electron chi connectivity index (χ3n) is 4.12. The Balaban J connectivity index is 0.0000000914. The Labute approximate surface area is 86.0 Å². The third kappa shape index (κ3) is 1.82. The second-order valence-electron chi connectivity index (χ2n) is 5.27. The summed E-state index contributed by atoms with van der Waals surface area (Å²) in [5, 5.41) is 0. The van der Waals surface area contributed by atoms with Crippen LogP contribution in [0.15, 0.2) is 0 Å². The lowest BCUT2D eigenvalue weighted by Gasteiger charge is -2.07. The Hall–Kier alpha value is -0.0800. The van der Waals surface area contributed by atoms with Crippen LogP contribution >= 0.6 is 0 Å². The first-order chi connectivity index (χ1) is 6.90. The van der Waals surface area contributed by atoms with Gasteiger partial charge in [0.1, 0.15) is 0 Å². The molecule has 2 aliphatic heterocycles. The van der Waals surface area contributed by atoms with Crippen LogP contribution in [-0.2, 0) is 9.47 Å². The lowest BCUT2D eigenvalue weighted by Crippen LogP contribution is -2.05. The molecule has 0 spiro atoms. The Morgan fingerprint density at radius 3 is 1.21 bits per heavy atom. The molecular weight excluding hydrogens is 176 g/mol. The van der Waals surface area contributed by atoms with Gasteiger partial charge < -0.3 is 9.47 Å². The molecule has 4 rings (SSSR count). The first-order valence-electron chi connectivity index (χ1n) is 6.13. The Morgan fingerprint density at radius 2 is 1.14 bits per heavy atom. The van der Waals surface area contributed by atoms with E-state index in [0.29, 0.717) is 12.2 Å². The molecule has 2 heterocycles. The molecule has 0 aromatic rings. The van der Waals surface area contributed by atoms with Gasteiger partial charge in [-0.1, -0.05) is 0 Å². The van der Waals surface area contributed by atoms with Crippen molar-refractivity contribution in [3.63, 3.8) is 0 Å². The van der Waals surface area contributed by atoms with E-state index in [9.17, 15) is 0 Å². The molecule has 0 radical (unpaired) electrons. The zero-order chi connectivity index (χ0) is 9.38. The van der Waals surface area contributed by atoms with Crippen LogP contribution in [0.2, 0.25) is 0 Å². The topological polar surface area (TPSA) is 18.5 Å². The van der Waals surface area contributed by atoms with E-state index in [2.05, 4.69) is 0 Å². The van der Waals surface area contributed by atoms with Crippen molar-refractivity contribution in [3.8, 4) is 0 Å². The van der Waals surface area contributed by atoms with Crippen molar-refractivity contribution in [3.05, 3.63) is 0 Å². The normalized spacial score (nSPS) is 48.0. The van der Waals surface area contributed by atoms with Crippen LogP contribution in [0.3, 0.4) is 0 Å². The van der Waals surface area contributed by atoms with Gasteiger partial charge in [0, 0.05) is 13.2 Å². The molecule has 2 nitrogen and oxygen atoms in total. The van der Waals surface area contributed by atoms with Gasteiger partial charge in [0.25, 0.3) is 0 Å². The highest BCUT2D eigenvalue weighted by Crippen LogP contribution is 2.35. The van der Waals surface area contributed by atoms with E-state index < -0.39 is 0 Å². The van der Waals surface area contributed by atoms with Crippen LogP contribution in [0, 0.1) is 11.8 Å². The molecule has 0 amide bonds. The third-order valence-corrected chi connectivity index (χ3v) is 4.12. The summed E-state index contributed by atoms with van der Waals surface area (Å²) >= 11 is 0. The molecule has 80 valence electrons. The summed E-state index contributed by atoms with van der Waals surface area (Å²) in [5.41, 5.74) is 0. The predicted octanol–water partition coefficient (Wildman–Crippen LogP) is 2.37. The number of ether oxygens (including phenoxy) is 2. The summed E-state index contributed by atoms with van der Waals surface area (Å²) in [6.45, 7) is 2.12. The average Bonchev–Trinajstić information content (AvgIpc) is 3.01. The summed E-state index contributed by atoms with van der Waals surface area (Å²) in [6, 6.07) is 0. The minimum atomic E-state index is 0.671. The lowest BCUT2D eigenvalue weighted by molar-refractivity contribution is 0.0773. The molecule has 4 fully saturated rings. The predicted molar refractivity (Wildman–Crippen MR) is 54.2 cm³/mol. The Kier molecular flexibility index (Phi) is 2.50. The van der Waals surface area contributed by atoms with Gasteiger partial charge in [0.15, 0.2) is 0 Å². The van der Waals surface area contributed by atoms with E-state index in [1.165, 1.54) is 38.5 Å². The minimum Gasteiger partial charge on any atom is -0.378 e. The molecule has 14 heavy (non-hydrogen) atoms. The van der Waals surface area contributed by atoms with E-state index in [-0.39, 0.29) is 0 Å². The molecule has 2 saturated carbocycles. The minimum absolute atomic E-state index is 0.671. The zero-order valence-corrected chi connectivity index (χ0v) is 8.78. The second-order valence-corrected chi connectivity index (χ2v) is 5.27. The van der Waals surface area contributed by atoms with Gasteiger partial charge in [-0.25, -0.2) is 0 Å². The molecule has 0 aromatic heterocycles. The van der Waals surface area contributed by atoms with Gasteiger partial charge >= 0.3 is 0 Å². The van der Waals surface area contributed by atoms with Crippen LogP contribution < -0.4 is 0 Å². The van der Waals surface area contributed by atoms with Crippen molar-refractivity contribution in [1.82, 2.24) is 0 Å². The van der Waals surface area contributed by atoms with Crippen molar-refractivity contribution in [2.45, 2.75) is 50.7 Å². The molecule has 0 aromatic carbocycles. The van der Waals surface area contributed by atoms with Crippen molar-refractivity contribution < 1.29 is 9.47 Å². The largest absolute Gasteiger partial charge is 0.378 e. The maximum atomic E-state index is 5.35. The summed E-state index contributed by atoms with van der Waals surface area (Å²) in [7, 11) is 0. The fourth-order valence-corrected chi connectivity index (χ4v) is 3.21. The molecule has 0 N–H and O–H groups in total. The number of hydrogen-bond donors (Lipinski definition) is 0. The average molecular weight is 196 g/mol. The van der Waals surface area contributed by atoms with Gasteiger partial charge in [-0.2, -0.15) is 0 Å². The molecule has 2 aliphatic carbocycles. The zero-order valence-electron chi connectivity index (χ0n) is 8.78. The van der Waals surface area contributed by atoms with Crippen LogP contribution in [0.1, 0.15) is 38.5 Å². The van der Waals surface area contributed by atoms with E-state index in [0.717, 1.165) is 25.0 Å². The Morgan fingerprint density at radius 1 is 0.643 bits per heavy atom. The lowest BCUT2D eigenvalue weighted by atomic mass is 10.1. The van der Waals surface area contributed by atoms with E-state index in [1.54, 1.807) is 0 Å². The number of fused-ring (bicyclic) bond motifs is 4. The standard InChI is InChI=1S/2C6H10O/c2*1-2-6-3-5(1)4-7-6/h2*5-6H,1-4H2. The number of rotatable bonds is 0. The van der Waals surface area contributed by atoms with Crippen molar-refractivity contribution in [2.75, 3.05) is 13.2 Å². The summed E-state index contributed by atoms with van der Waals surface area (Å²) in [4.78, 5) is 0. The van der Waals surface area contributed by atoms with Gasteiger partial charge in [-0.15, -0.1) is 0 Å². The monoisotopic (exact) mass is 196 g/mol. The highest BCUT2D eigenvalue weighted by molar-refractivity contribution is 4.82. The maximum Gasteiger partial charge on any atom is 0.0578 e. The molecular formula is C12H20O2. The smallest absolute Gasteiger partial charge is 0.0578 e. The van der Waals surface area contributed by atoms with Gasteiger partial charge in [-0.3, -0.25) is 0 Å². The highest BCUT2D eigenvalue weighted by atomic mass is 16.5. The summed E-state index contributed by atoms with van der Waals surface area (Å²) in [5.74, 6) is 1.90. The molecule has 4 bridgehead atoms. The fourth-order valence-electron chi connectivity index (χ4n) is 3.21. The summed E-state index contributed by atoms with van der Waals surface area (Å²) in [6.07, 6.45) is 9.61. The van der Waals surface area contributed by atoms with E-state index >= 15 is 0 Å². The highest BCUT2D eigenvalue weighted by Gasteiger charge is 2.32. The molecule has 4 unspecified atom stereocenters. The van der Waals surface area contributed by atoms with Crippen molar-refractivity contribution >= 4 is 0 Å². The number of hydrogen-bond acceptors (Lipinski definition) is 2. The van der Waals surface area contributed by atoms with Crippen LogP contribution in [0.5, 0.6) is 0 Å². The van der Waals surface area contributed by atoms with Crippen LogP contribution in [0.25, 0.3) is 0 Å². The van der Waals surface area contributed by atoms with Crippen LogP contribution in [-0.4, -0.2) is 25.4 Å². The maximum absolute atomic E-state index is 5.35. The van der Waals surface area contributed by atoms with Gasteiger partial charge in [0.05, 0.1) is 12.2 Å². The van der Waals surface area contributed by atoms with Crippen LogP contribution in [0.4, 0.5) is 0 Å². The molecule has 4 atom stereocenters. The molecule has 2 heteroatoms. The summed E-state index contributed by atoms with van der Waals surface area (Å²) < 4.78 is 10.7. The van der Waals surface area contributed by atoms with Gasteiger partial charge in [0.2, 0.25) is 0 Å². The van der Waals surface area contributed by atoms with E-state index in [1.807, 2.05) is 0 Å². The molecule has 4 aliphatic rings. The quantitative estimate of drug-likeness (QED) is 0.592. The second kappa shape index (κ2) is 3.82. The first kappa shape index (κ1) is 9.17. The van der Waals surface area contributed by atoms with Gasteiger partial charge in [-0.05, 0) is 50.4 Å². The van der Waals surface area contributed by atoms with Crippen molar-refractivity contribution in [2.24, 2.45) is 11.8 Å². The fraction of sp³-hybridized carbons (Fsp3) is 1.00. The van der Waals surface area contributed by atoms with E-state index in [4.69, 9.17) is 9.47 Å². The SMILES string of the molecule is C1CC2CC1CO2.C1CC2CC1CO2. The Bertz CT molecular complexity index is 146. The molecule has 2 saturated heterocycles. The first-order valence-corrected chi connectivity index (χ1v) is 6.13. The van der Waals surface area contributed by atoms with Crippen molar-refractivity contribution in [1.29, 1.82) is 0 Å².